The summed E-state index contributed by atoms with van der Waals surface area (Å²) >= 11 is 0. The zero-order chi connectivity index (χ0) is 22.8. The van der Waals surface area contributed by atoms with Crippen molar-refractivity contribution in [3.8, 4) is 0 Å². The summed E-state index contributed by atoms with van der Waals surface area (Å²) in [6.45, 7) is 4.87. The Kier molecular flexibility index (Phi) is 6.35. The molecule has 1 aliphatic rings. The maximum absolute atomic E-state index is 12.0. The van der Waals surface area contributed by atoms with Gasteiger partial charge in [0, 0.05) is 13.6 Å². The number of rotatable bonds is 7. The molecular weight excluding hydrogens is 410 g/mol. The predicted molar refractivity (Wildman–Crippen MR) is 120 cm³/mol. The standard InChI is InChI=1S/C22H29N7O3/c1-4-12-6-7-13(5-2)14(8-12)9-25-19-16-20(27-10-26-19)29(11-28-16)22-17(30)15(23)18(32-22)21(31)24-3/h6-8,10-11,15,17-18,22,30H,4-5,9,23H2,1-3H3,(H,24,31)(H,25,26,27)/t15-,17+,18-,22+/m0/s1. The molecule has 0 spiro atoms. The van der Waals surface area contributed by atoms with Gasteiger partial charge < -0.3 is 26.2 Å². The van der Waals surface area contributed by atoms with Crippen LogP contribution in [0.15, 0.2) is 30.9 Å². The first-order valence-electron chi connectivity index (χ1n) is 10.8. The molecule has 1 aliphatic heterocycles. The van der Waals surface area contributed by atoms with E-state index in [1.54, 1.807) is 4.57 Å². The average molecular weight is 440 g/mol. The number of hydrogen-bond donors (Lipinski definition) is 4. The number of aryl methyl sites for hydroxylation is 2. The van der Waals surface area contributed by atoms with E-state index in [0.717, 1.165) is 12.8 Å². The molecule has 1 saturated heterocycles. The van der Waals surface area contributed by atoms with Gasteiger partial charge in [0.2, 0.25) is 0 Å². The van der Waals surface area contributed by atoms with E-state index < -0.39 is 24.5 Å². The number of amides is 1. The SMILES string of the molecule is CCc1ccc(CC)c(CNc2ncnc3c2ncn3[C@@H]2O[C@H](C(=O)NC)[C@@H](N)[C@H]2O)c1. The van der Waals surface area contributed by atoms with E-state index in [1.165, 1.54) is 36.4 Å². The molecule has 3 aromatic rings. The lowest BCUT2D eigenvalue weighted by molar-refractivity contribution is -0.134. The van der Waals surface area contributed by atoms with Crippen LogP contribution in [-0.4, -0.2) is 55.8 Å². The molecular formula is C22H29N7O3. The van der Waals surface area contributed by atoms with Gasteiger partial charge in [0.25, 0.3) is 5.91 Å². The Balaban J connectivity index is 1.60. The number of hydrogen-bond acceptors (Lipinski definition) is 8. The third-order valence-electron chi connectivity index (χ3n) is 5.97. The molecule has 1 amide bonds. The van der Waals surface area contributed by atoms with E-state index in [-0.39, 0.29) is 5.91 Å². The molecule has 0 aliphatic carbocycles. The Hall–Kier alpha value is -3.08. The van der Waals surface area contributed by atoms with Crippen LogP contribution in [0.4, 0.5) is 5.82 Å². The van der Waals surface area contributed by atoms with Crippen LogP contribution in [0.25, 0.3) is 11.2 Å². The summed E-state index contributed by atoms with van der Waals surface area (Å²) in [5.41, 5.74) is 10.8. The lowest BCUT2D eigenvalue weighted by Gasteiger charge is -2.17. The molecule has 4 atom stereocenters. The second-order valence-corrected chi connectivity index (χ2v) is 7.84. The van der Waals surface area contributed by atoms with Crippen molar-refractivity contribution in [1.29, 1.82) is 0 Å². The summed E-state index contributed by atoms with van der Waals surface area (Å²) in [6.07, 6.45) is 1.93. The van der Waals surface area contributed by atoms with E-state index in [2.05, 4.69) is 57.6 Å². The van der Waals surface area contributed by atoms with Gasteiger partial charge in [-0.25, -0.2) is 15.0 Å². The number of nitrogens with two attached hydrogens (primary N) is 1. The molecule has 10 nitrogen and oxygen atoms in total. The number of aliphatic hydroxyl groups excluding tert-OH is 1. The molecule has 10 heteroatoms. The van der Waals surface area contributed by atoms with Gasteiger partial charge in [0.05, 0.1) is 12.4 Å². The number of imidazole rings is 1. The molecule has 4 rings (SSSR count). The van der Waals surface area contributed by atoms with Crippen LogP contribution in [0, 0.1) is 0 Å². The van der Waals surface area contributed by atoms with Crippen molar-refractivity contribution in [2.24, 2.45) is 5.73 Å². The van der Waals surface area contributed by atoms with Gasteiger partial charge in [-0.2, -0.15) is 0 Å². The fourth-order valence-electron chi connectivity index (χ4n) is 4.05. The molecule has 3 heterocycles. The van der Waals surface area contributed by atoms with Crippen LogP contribution in [0.3, 0.4) is 0 Å². The predicted octanol–water partition coefficient (Wildman–Crippen LogP) is 0.895. The number of aromatic nitrogens is 4. The third kappa shape index (κ3) is 3.92. The van der Waals surface area contributed by atoms with Crippen LogP contribution < -0.4 is 16.4 Å². The summed E-state index contributed by atoms with van der Waals surface area (Å²) in [5.74, 6) is 0.193. The Bertz CT molecular complexity index is 1120. The molecule has 2 aromatic heterocycles. The molecule has 0 radical (unpaired) electrons. The lowest BCUT2D eigenvalue weighted by atomic mass is 10.0. The van der Waals surface area contributed by atoms with Gasteiger partial charge in [-0.05, 0) is 29.5 Å². The monoisotopic (exact) mass is 439 g/mol. The fourth-order valence-corrected chi connectivity index (χ4v) is 4.05. The highest BCUT2D eigenvalue weighted by Crippen LogP contribution is 2.31. The van der Waals surface area contributed by atoms with Gasteiger partial charge >= 0.3 is 0 Å². The Morgan fingerprint density at radius 1 is 1.22 bits per heavy atom. The van der Waals surface area contributed by atoms with Crippen molar-refractivity contribution < 1.29 is 14.6 Å². The largest absolute Gasteiger partial charge is 0.387 e. The Morgan fingerprint density at radius 2 is 2.03 bits per heavy atom. The first-order valence-corrected chi connectivity index (χ1v) is 10.8. The maximum Gasteiger partial charge on any atom is 0.250 e. The Morgan fingerprint density at radius 3 is 2.75 bits per heavy atom. The number of nitrogens with one attached hydrogen (secondary N) is 2. The van der Waals surface area contributed by atoms with Crippen LogP contribution in [0.2, 0.25) is 0 Å². The number of benzene rings is 1. The zero-order valence-electron chi connectivity index (χ0n) is 18.4. The van der Waals surface area contributed by atoms with Crippen molar-refractivity contribution in [2.45, 2.75) is 57.7 Å². The van der Waals surface area contributed by atoms with Crippen molar-refractivity contribution in [3.05, 3.63) is 47.5 Å². The maximum atomic E-state index is 12.0. The summed E-state index contributed by atoms with van der Waals surface area (Å²) in [7, 11) is 1.50. The molecule has 1 aromatic carbocycles. The topological polar surface area (TPSA) is 140 Å². The summed E-state index contributed by atoms with van der Waals surface area (Å²) in [4.78, 5) is 25.2. The van der Waals surface area contributed by atoms with E-state index in [9.17, 15) is 9.90 Å². The molecule has 0 unspecified atom stereocenters. The summed E-state index contributed by atoms with van der Waals surface area (Å²) < 4.78 is 7.36. The number of likely N-dealkylation sites (N-methyl/N-ethyl adjacent to an activating group) is 1. The number of aliphatic hydroxyl groups is 1. The highest BCUT2D eigenvalue weighted by Gasteiger charge is 2.46. The number of nitrogens with zero attached hydrogens (tertiary/aromatic N) is 4. The van der Waals surface area contributed by atoms with E-state index in [1.807, 2.05) is 0 Å². The second kappa shape index (κ2) is 9.19. The van der Waals surface area contributed by atoms with Crippen molar-refractivity contribution >= 4 is 22.9 Å². The van der Waals surface area contributed by atoms with Gasteiger partial charge in [0.1, 0.15) is 12.4 Å². The lowest BCUT2D eigenvalue weighted by Crippen LogP contribution is -2.46. The van der Waals surface area contributed by atoms with Gasteiger partial charge in [-0.15, -0.1) is 0 Å². The normalized spacial score (nSPS) is 22.9. The van der Waals surface area contributed by atoms with Gasteiger partial charge in [0.15, 0.2) is 29.3 Å². The van der Waals surface area contributed by atoms with Crippen LogP contribution in [-0.2, 0) is 28.9 Å². The number of fused-ring (bicyclic) bond motifs is 1. The molecule has 0 saturated carbocycles. The van der Waals surface area contributed by atoms with Crippen molar-refractivity contribution in [1.82, 2.24) is 24.8 Å². The van der Waals surface area contributed by atoms with Crippen LogP contribution in [0.5, 0.6) is 0 Å². The molecule has 32 heavy (non-hydrogen) atoms. The number of ether oxygens (including phenoxy) is 1. The fraction of sp³-hybridized carbons (Fsp3) is 0.455. The smallest absolute Gasteiger partial charge is 0.250 e. The number of carbonyl (C=O) groups is 1. The summed E-state index contributed by atoms with van der Waals surface area (Å²) in [5, 5.41) is 16.5. The first kappa shape index (κ1) is 22.1. The minimum atomic E-state index is -1.09. The van der Waals surface area contributed by atoms with Crippen molar-refractivity contribution in [3.63, 3.8) is 0 Å². The van der Waals surface area contributed by atoms with Gasteiger partial charge in [-0.3, -0.25) is 9.36 Å². The first-order chi connectivity index (χ1) is 15.5. The molecule has 170 valence electrons. The van der Waals surface area contributed by atoms with Crippen LogP contribution in [0.1, 0.15) is 36.8 Å². The van der Waals surface area contributed by atoms with E-state index in [4.69, 9.17) is 10.5 Å². The van der Waals surface area contributed by atoms with Crippen molar-refractivity contribution in [2.75, 3.05) is 12.4 Å². The third-order valence-corrected chi connectivity index (χ3v) is 5.97. The second-order valence-electron chi connectivity index (χ2n) is 7.84. The average Bonchev–Trinajstić information content (AvgIpc) is 3.38. The number of anilines is 1. The van der Waals surface area contributed by atoms with Gasteiger partial charge in [-0.1, -0.05) is 32.0 Å². The molecule has 5 N–H and O–H groups in total. The minimum absolute atomic E-state index is 0.388. The van der Waals surface area contributed by atoms with E-state index >= 15 is 0 Å². The minimum Gasteiger partial charge on any atom is -0.387 e. The zero-order valence-corrected chi connectivity index (χ0v) is 18.4. The van der Waals surface area contributed by atoms with E-state index in [0.29, 0.717) is 23.5 Å². The molecule has 0 bridgehead atoms. The van der Waals surface area contributed by atoms with Crippen LogP contribution >= 0.6 is 0 Å². The summed E-state index contributed by atoms with van der Waals surface area (Å²) in [6, 6.07) is 5.68. The Labute approximate surface area is 186 Å². The highest BCUT2D eigenvalue weighted by atomic mass is 16.5. The quantitative estimate of drug-likeness (QED) is 0.426. The molecule has 1 fully saturated rings. The number of carbonyl (C=O) groups excluding carboxylic acids is 1. The highest BCUT2D eigenvalue weighted by molar-refractivity contribution is 5.83.